The van der Waals surface area contributed by atoms with Crippen LogP contribution in [0.2, 0.25) is 5.02 Å². The Balaban J connectivity index is 1.84. The summed E-state index contributed by atoms with van der Waals surface area (Å²) in [5.41, 5.74) is 0.948. The molecule has 0 saturated carbocycles. The summed E-state index contributed by atoms with van der Waals surface area (Å²) in [7, 11) is -3.42. The van der Waals surface area contributed by atoms with E-state index >= 15 is 0 Å². The van der Waals surface area contributed by atoms with E-state index in [1.807, 2.05) is 35.0 Å². The van der Waals surface area contributed by atoms with Gasteiger partial charge < -0.3 is 8.98 Å². The van der Waals surface area contributed by atoms with Gasteiger partial charge in [0.25, 0.3) is 0 Å². The Kier molecular flexibility index (Phi) is 5.80. The summed E-state index contributed by atoms with van der Waals surface area (Å²) in [4.78, 5) is 4.34. The molecule has 1 aromatic carbocycles. The van der Waals surface area contributed by atoms with Crippen LogP contribution in [0.4, 0.5) is 0 Å². The topological polar surface area (TPSA) is 68.3 Å². The number of rotatable bonds is 8. The lowest BCUT2D eigenvalue weighted by Gasteiger charge is -2.21. The van der Waals surface area contributed by atoms with Gasteiger partial charge in [-0.1, -0.05) is 29.8 Å². The molecule has 2 aromatic heterocycles. The molecule has 0 atom stereocenters. The second-order valence-corrected chi connectivity index (χ2v) is 8.48. The third kappa shape index (κ3) is 4.35. The van der Waals surface area contributed by atoms with Gasteiger partial charge in [0.1, 0.15) is 11.6 Å². The molecule has 0 radical (unpaired) electrons. The standard InChI is InChI=1S/C18H20ClN3O3S/c1-2-26(23,24)22(13-16-7-5-11-25-16)14-18-20-9-10-21(18)12-15-6-3-4-8-17(15)19/h3-11H,2,12-14H2,1H3. The highest BCUT2D eigenvalue weighted by Crippen LogP contribution is 2.19. The molecule has 0 saturated heterocycles. The van der Waals surface area contributed by atoms with E-state index in [1.165, 1.54) is 10.6 Å². The quantitative estimate of drug-likeness (QED) is 0.587. The third-order valence-corrected chi connectivity index (χ3v) is 6.23. The first kappa shape index (κ1) is 18.7. The molecule has 2 heterocycles. The summed E-state index contributed by atoms with van der Waals surface area (Å²) >= 11 is 6.24. The summed E-state index contributed by atoms with van der Waals surface area (Å²) in [5, 5.41) is 0.667. The number of aromatic nitrogens is 2. The molecule has 0 aliphatic heterocycles. The fraction of sp³-hybridized carbons (Fsp3) is 0.278. The summed E-state index contributed by atoms with van der Waals surface area (Å²) in [6.45, 7) is 2.48. The predicted molar refractivity (Wildman–Crippen MR) is 100 cm³/mol. The lowest BCUT2D eigenvalue weighted by atomic mass is 10.2. The van der Waals surface area contributed by atoms with Gasteiger partial charge in [-0.15, -0.1) is 0 Å². The number of nitrogens with zero attached hydrogens (tertiary/aromatic N) is 3. The Morgan fingerprint density at radius 2 is 2.00 bits per heavy atom. The molecule has 6 nitrogen and oxygen atoms in total. The van der Waals surface area contributed by atoms with Crippen molar-refractivity contribution in [3.05, 3.63) is 77.2 Å². The molecule has 3 aromatic rings. The maximum Gasteiger partial charge on any atom is 0.214 e. The first-order valence-corrected chi connectivity index (χ1v) is 10.2. The number of hydrogen-bond donors (Lipinski definition) is 0. The number of benzene rings is 1. The normalized spacial score (nSPS) is 12.0. The molecule has 0 aliphatic carbocycles. The lowest BCUT2D eigenvalue weighted by molar-refractivity contribution is 0.349. The number of imidazole rings is 1. The highest BCUT2D eigenvalue weighted by Gasteiger charge is 2.23. The fourth-order valence-corrected chi connectivity index (χ4v) is 3.81. The van der Waals surface area contributed by atoms with Crippen molar-refractivity contribution in [3.63, 3.8) is 0 Å². The van der Waals surface area contributed by atoms with Crippen LogP contribution >= 0.6 is 11.6 Å². The fourth-order valence-electron chi connectivity index (χ4n) is 2.62. The van der Waals surface area contributed by atoms with Crippen LogP contribution in [-0.2, 0) is 29.7 Å². The van der Waals surface area contributed by atoms with E-state index in [2.05, 4.69) is 4.98 Å². The van der Waals surface area contributed by atoms with E-state index < -0.39 is 10.0 Å². The third-order valence-electron chi connectivity index (χ3n) is 4.09. The van der Waals surface area contributed by atoms with E-state index in [0.717, 1.165) is 5.56 Å². The van der Waals surface area contributed by atoms with E-state index in [9.17, 15) is 8.42 Å². The Bertz CT molecular complexity index is 952. The molecule has 0 fully saturated rings. The van der Waals surface area contributed by atoms with Gasteiger partial charge in [-0.2, -0.15) is 4.31 Å². The average molecular weight is 394 g/mol. The summed E-state index contributed by atoms with van der Waals surface area (Å²) in [6, 6.07) is 11.1. The van der Waals surface area contributed by atoms with Crippen LogP contribution in [0.25, 0.3) is 0 Å². The van der Waals surface area contributed by atoms with Crippen molar-refractivity contribution >= 4 is 21.6 Å². The molecule has 138 valence electrons. The predicted octanol–water partition coefficient (Wildman–Crippen LogP) is 3.53. The minimum Gasteiger partial charge on any atom is -0.468 e. The monoisotopic (exact) mass is 393 g/mol. The second-order valence-electron chi connectivity index (χ2n) is 5.81. The average Bonchev–Trinajstić information content (AvgIpc) is 3.29. The van der Waals surface area contributed by atoms with Crippen molar-refractivity contribution in [1.82, 2.24) is 13.9 Å². The van der Waals surface area contributed by atoms with Crippen LogP contribution in [0.5, 0.6) is 0 Å². The zero-order chi connectivity index (χ0) is 18.6. The molecule has 0 spiro atoms. The molecule has 0 bridgehead atoms. The first-order valence-electron chi connectivity index (χ1n) is 8.23. The van der Waals surface area contributed by atoms with Crippen molar-refractivity contribution in [2.45, 2.75) is 26.6 Å². The first-order chi connectivity index (χ1) is 12.5. The number of halogens is 1. The molecule has 0 unspecified atom stereocenters. The van der Waals surface area contributed by atoms with Crippen LogP contribution in [0.3, 0.4) is 0 Å². The van der Waals surface area contributed by atoms with Crippen LogP contribution < -0.4 is 0 Å². The van der Waals surface area contributed by atoms with Gasteiger partial charge in [-0.05, 0) is 30.7 Å². The molecular formula is C18H20ClN3O3S. The summed E-state index contributed by atoms with van der Waals surface area (Å²) in [5.74, 6) is 1.25. The van der Waals surface area contributed by atoms with Crippen molar-refractivity contribution < 1.29 is 12.8 Å². The lowest BCUT2D eigenvalue weighted by Crippen LogP contribution is -2.32. The van der Waals surface area contributed by atoms with Crippen LogP contribution in [0.15, 0.2) is 59.5 Å². The summed E-state index contributed by atoms with van der Waals surface area (Å²) in [6.07, 6.45) is 5.02. The van der Waals surface area contributed by atoms with Gasteiger partial charge in [0.05, 0.1) is 31.7 Å². The molecule has 0 amide bonds. The van der Waals surface area contributed by atoms with E-state index in [1.54, 1.807) is 25.3 Å². The van der Waals surface area contributed by atoms with Crippen LogP contribution in [0.1, 0.15) is 24.1 Å². The van der Waals surface area contributed by atoms with Gasteiger partial charge in [0.2, 0.25) is 10.0 Å². The summed E-state index contributed by atoms with van der Waals surface area (Å²) < 4.78 is 33.6. The Labute approximate surface area is 158 Å². The smallest absolute Gasteiger partial charge is 0.214 e. The minimum absolute atomic E-state index is 0.0128. The Morgan fingerprint density at radius 1 is 1.19 bits per heavy atom. The van der Waals surface area contributed by atoms with E-state index in [0.29, 0.717) is 23.2 Å². The highest BCUT2D eigenvalue weighted by molar-refractivity contribution is 7.89. The Hall–Kier alpha value is -2.09. The van der Waals surface area contributed by atoms with Gasteiger partial charge in [-0.25, -0.2) is 13.4 Å². The Morgan fingerprint density at radius 3 is 2.69 bits per heavy atom. The largest absolute Gasteiger partial charge is 0.468 e. The van der Waals surface area contributed by atoms with Crippen molar-refractivity contribution in [2.75, 3.05) is 5.75 Å². The van der Waals surface area contributed by atoms with Gasteiger partial charge in [-0.3, -0.25) is 0 Å². The van der Waals surface area contributed by atoms with E-state index in [4.69, 9.17) is 16.0 Å². The molecule has 0 aliphatic rings. The van der Waals surface area contributed by atoms with Gasteiger partial charge in [0, 0.05) is 17.4 Å². The van der Waals surface area contributed by atoms with Crippen LogP contribution in [-0.4, -0.2) is 28.0 Å². The molecular weight excluding hydrogens is 374 g/mol. The zero-order valence-corrected chi connectivity index (χ0v) is 15.9. The van der Waals surface area contributed by atoms with Crippen molar-refractivity contribution in [2.24, 2.45) is 0 Å². The molecule has 0 N–H and O–H groups in total. The van der Waals surface area contributed by atoms with Crippen molar-refractivity contribution in [3.8, 4) is 0 Å². The SMILES string of the molecule is CCS(=O)(=O)N(Cc1ccco1)Cc1nccn1Cc1ccccc1Cl. The maximum absolute atomic E-state index is 12.5. The molecule has 8 heteroatoms. The minimum atomic E-state index is -3.42. The number of furan rings is 1. The zero-order valence-electron chi connectivity index (χ0n) is 14.4. The van der Waals surface area contributed by atoms with Gasteiger partial charge >= 0.3 is 0 Å². The van der Waals surface area contributed by atoms with E-state index in [-0.39, 0.29) is 18.8 Å². The molecule has 3 rings (SSSR count). The van der Waals surface area contributed by atoms with Crippen LogP contribution in [0, 0.1) is 0 Å². The van der Waals surface area contributed by atoms with Crippen molar-refractivity contribution in [1.29, 1.82) is 0 Å². The number of hydrogen-bond acceptors (Lipinski definition) is 4. The molecule has 26 heavy (non-hydrogen) atoms. The van der Waals surface area contributed by atoms with Gasteiger partial charge in [0.15, 0.2) is 0 Å². The number of sulfonamides is 1. The second kappa shape index (κ2) is 8.07. The maximum atomic E-state index is 12.5. The highest BCUT2D eigenvalue weighted by atomic mass is 35.5.